The second-order valence-corrected chi connectivity index (χ2v) is 9.36. The first-order chi connectivity index (χ1) is 15.4. The molecule has 0 aromatic heterocycles. The van der Waals surface area contributed by atoms with Gasteiger partial charge in [-0.3, -0.25) is 0 Å². The molecule has 3 aromatic carbocycles. The quantitative estimate of drug-likeness (QED) is 0.325. The van der Waals surface area contributed by atoms with E-state index in [1.165, 1.54) is 0 Å². The van der Waals surface area contributed by atoms with Gasteiger partial charge in [0.1, 0.15) is 6.10 Å². The Kier molecular flexibility index (Phi) is 6.10. The van der Waals surface area contributed by atoms with Crippen LogP contribution in [-0.2, 0) is 14.8 Å². The minimum atomic E-state index is -3.86. The van der Waals surface area contributed by atoms with Gasteiger partial charge in [-0.1, -0.05) is 73.2 Å². The van der Waals surface area contributed by atoms with E-state index in [4.69, 9.17) is 4.74 Å². The van der Waals surface area contributed by atoms with E-state index < -0.39 is 16.1 Å². The number of cyclic esters (lactones) is 1. The average Bonchev–Trinajstić information content (AvgIpc) is 3.14. The van der Waals surface area contributed by atoms with Gasteiger partial charge in [0.15, 0.2) is 0 Å². The van der Waals surface area contributed by atoms with Crippen molar-refractivity contribution in [2.24, 2.45) is 11.0 Å². The zero-order valence-electron chi connectivity index (χ0n) is 17.9. The monoisotopic (exact) mass is 448 g/mol. The van der Waals surface area contributed by atoms with Crippen molar-refractivity contribution in [3.63, 3.8) is 0 Å². The minimum absolute atomic E-state index is 0.130. The van der Waals surface area contributed by atoms with Gasteiger partial charge in [0.25, 0.3) is 10.0 Å². The maximum absolute atomic E-state index is 12.9. The number of fused-ring (bicyclic) bond motifs is 1. The fourth-order valence-electron chi connectivity index (χ4n) is 3.87. The molecule has 0 aliphatic carbocycles. The van der Waals surface area contributed by atoms with Crippen LogP contribution in [0.4, 0.5) is 0 Å². The summed E-state index contributed by atoms with van der Waals surface area (Å²) in [5.41, 5.74) is 3.55. The lowest BCUT2D eigenvalue weighted by molar-refractivity contribution is 0.0308. The van der Waals surface area contributed by atoms with Crippen molar-refractivity contribution in [2.75, 3.05) is 0 Å². The molecular weight excluding hydrogens is 424 g/mol. The molecule has 0 fully saturated rings. The van der Waals surface area contributed by atoms with Gasteiger partial charge in [0.05, 0.1) is 16.2 Å². The smallest absolute Gasteiger partial charge is 0.339 e. The molecule has 0 saturated carbocycles. The van der Waals surface area contributed by atoms with E-state index in [1.807, 2.05) is 56.3 Å². The van der Waals surface area contributed by atoms with Gasteiger partial charge in [-0.15, -0.1) is 0 Å². The summed E-state index contributed by atoms with van der Waals surface area (Å²) < 4.78 is 31.4. The summed E-state index contributed by atoms with van der Waals surface area (Å²) >= 11 is 0. The number of carbonyl (C=O) groups excluding carboxylic acids is 1. The molecular formula is C25H24N2O4S. The topological polar surface area (TPSA) is 84.8 Å². The van der Waals surface area contributed by atoms with Crippen molar-refractivity contribution in [3.05, 3.63) is 101 Å². The van der Waals surface area contributed by atoms with Crippen LogP contribution < -0.4 is 4.83 Å². The highest BCUT2D eigenvalue weighted by atomic mass is 32.2. The standard InChI is InChI=1S/C25H24N2O4S/c1-3-20(24-21-11-7-8-12-22(21)25(28)31-24)23(18-9-5-4-6-10-18)26-27-32(29,30)19-15-13-17(2)14-16-19/h4-16,20,24,27H,3H2,1-2H3/b26-23+/t20-,24+/m0/s1. The van der Waals surface area contributed by atoms with Gasteiger partial charge < -0.3 is 4.74 Å². The average molecular weight is 449 g/mol. The molecule has 0 unspecified atom stereocenters. The Morgan fingerprint density at radius 3 is 2.34 bits per heavy atom. The summed E-state index contributed by atoms with van der Waals surface area (Å²) in [5.74, 6) is -0.720. The van der Waals surface area contributed by atoms with Crippen molar-refractivity contribution in [1.29, 1.82) is 0 Å². The summed E-state index contributed by atoms with van der Waals surface area (Å²) in [6.45, 7) is 3.86. The molecule has 6 nitrogen and oxygen atoms in total. The van der Waals surface area contributed by atoms with Crippen LogP contribution in [0, 0.1) is 12.8 Å². The van der Waals surface area contributed by atoms with Crippen LogP contribution in [0.5, 0.6) is 0 Å². The third kappa shape index (κ3) is 4.29. The zero-order valence-corrected chi connectivity index (χ0v) is 18.7. The second-order valence-electron chi connectivity index (χ2n) is 7.70. The molecule has 0 amide bonds. The van der Waals surface area contributed by atoms with E-state index in [2.05, 4.69) is 9.93 Å². The van der Waals surface area contributed by atoms with Gasteiger partial charge in [-0.05, 0) is 37.1 Å². The summed E-state index contributed by atoms with van der Waals surface area (Å²) in [6.07, 6.45) is 0.0400. The van der Waals surface area contributed by atoms with Gasteiger partial charge >= 0.3 is 5.97 Å². The molecule has 7 heteroatoms. The number of esters is 1. The normalized spacial score (nSPS) is 16.9. The maximum Gasteiger partial charge on any atom is 0.339 e. The van der Waals surface area contributed by atoms with Gasteiger partial charge in [0.2, 0.25) is 0 Å². The van der Waals surface area contributed by atoms with Gasteiger partial charge in [0, 0.05) is 11.5 Å². The summed E-state index contributed by atoms with van der Waals surface area (Å²) in [7, 11) is -3.86. The van der Waals surface area contributed by atoms with Crippen molar-refractivity contribution in [3.8, 4) is 0 Å². The third-order valence-electron chi connectivity index (χ3n) is 5.56. The Bertz CT molecular complexity index is 1250. The number of hydrogen-bond acceptors (Lipinski definition) is 5. The highest BCUT2D eigenvalue weighted by molar-refractivity contribution is 7.89. The van der Waals surface area contributed by atoms with Gasteiger partial charge in [-0.2, -0.15) is 18.4 Å². The highest BCUT2D eigenvalue weighted by Gasteiger charge is 2.38. The third-order valence-corrected chi connectivity index (χ3v) is 6.79. The Balaban J connectivity index is 1.74. The highest BCUT2D eigenvalue weighted by Crippen LogP contribution is 2.39. The molecule has 0 spiro atoms. The molecule has 1 aliphatic heterocycles. The van der Waals surface area contributed by atoms with Crippen LogP contribution in [0.15, 0.2) is 88.9 Å². The molecule has 3 aromatic rings. The number of carbonyl (C=O) groups is 1. The number of rotatable bonds is 7. The first kappa shape index (κ1) is 21.8. The summed E-state index contributed by atoms with van der Waals surface area (Å²) in [4.78, 5) is 14.9. The summed E-state index contributed by atoms with van der Waals surface area (Å²) in [5, 5.41) is 4.37. The number of sulfonamides is 1. The van der Waals surface area contributed by atoms with Crippen molar-refractivity contribution in [1.82, 2.24) is 4.83 Å². The van der Waals surface area contributed by atoms with Gasteiger partial charge in [-0.25, -0.2) is 4.79 Å². The minimum Gasteiger partial charge on any atom is -0.453 e. The van der Waals surface area contributed by atoms with E-state index in [-0.39, 0.29) is 16.8 Å². The Hall–Kier alpha value is -3.45. The van der Waals surface area contributed by atoms with Crippen LogP contribution in [0.1, 0.15) is 46.5 Å². The van der Waals surface area contributed by atoms with Crippen LogP contribution in [0.2, 0.25) is 0 Å². The first-order valence-electron chi connectivity index (χ1n) is 10.4. The van der Waals surface area contributed by atoms with E-state index in [0.717, 1.165) is 16.7 Å². The first-order valence-corrected chi connectivity index (χ1v) is 11.9. The molecule has 0 radical (unpaired) electrons. The molecule has 0 saturated heterocycles. The summed E-state index contributed by atoms with van der Waals surface area (Å²) in [6, 6.07) is 23.2. The van der Waals surface area contributed by atoms with E-state index in [1.54, 1.807) is 36.4 Å². The molecule has 1 aliphatic rings. The number of hydrogen-bond donors (Lipinski definition) is 1. The van der Waals surface area contributed by atoms with Crippen molar-refractivity contribution in [2.45, 2.75) is 31.3 Å². The molecule has 2 atom stereocenters. The number of aryl methyl sites for hydroxylation is 1. The number of nitrogens with one attached hydrogen (secondary N) is 1. The number of benzene rings is 3. The van der Waals surface area contributed by atoms with Crippen LogP contribution in [0.3, 0.4) is 0 Å². The lowest BCUT2D eigenvalue weighted by Gasteiger charge is -2.24. The largest absolute Gasteiger partial charge is 0.453 e. The van der Waals surface area contributed by atoms with Crippen LogP contribution in [-0.4, -0.2) is 20.1 Å². The molecule has 32 heavy (non-hydrogen) atoms. The Labute approximate surface area is 188 Å². The molecule has 1 N–H and O–H groups in total. The van der Waals surface area contributed by atoms with Crippen LogP contribution >= 0.6 is 0 Å². The lowest BCUT2D eigenvalue weighted by atomic mass is 9.85. The Morgan fingerprint density at radius 2 is 1.66 bits per heavy atom. The van der Waals surface area contributed by atoms with E-state index >= 15 is 0 Å². The van der Waals surface area contributed by atoms with E-state index in [0.29, 0.717) is 17.7 Å². The molecule has 1 heterocycles. The number of ether oxygens (including phenoxy) is 1. The predicted molar refractivity (Wildman–Crippen MR) is 123 cm³/mol. The zero-order chi connectivity index (χ0) is 22.7. The SMILES string of the molecule is CC[C@@H](/C(=N/NS(=O)(=O)c1ccc(C)cc1)c1ccccc1)[C@H]1OC(=O)c2ccccc21. The van der Waals surface area contributed by atoms with Crippen molar-refractivity contribution < 1.29 is 17.9 Å². The molecule has 4 rings (SSSR count). The molecule has 164 valence electrons. The molecule has 0 bridgehead atoms. The van der Waals surface area contributed by atoms with E-state index in [9.17, 15) is 13.2 Å². The van der Waals surface area contributed by atoms with Crippen molar-refractivity contribution >= 4 is 21.7 Å². The predicted octanol–water partition coefficient (Wildman–Crippen LogP) is 4.62. The fraction of sp³-hybridized carbons (Fsp3) is 0.200. The maximum atomic E-state index is 12.9. The number of hydrazone groups is 1. The number of nitrogens with zero attached hydrogens (tertiary/aromatic N) is 1. The second kappa shape index (κ2) is 8.96. The lowest BCUT2D eigenvalue weighted by Crippen LogP contribution is -2.28. The Morgan fingerprint density at radius 1 is 1.00 bits per heavy atom. The van der Waals surface area contributed by atoms with Crippen LogP contribution in [0.25, 0.3) is 0 Å². The fourth-order valence-corrected chi connectivity index (χ4v) is 4.69.